The second-order valence-corrected chi connectivity index (χ2v) is 9.39. The molecule has 3 aromatic rings. The van der Waals surface area contributed by atoms with Crippen LogP contribution in [0.25, 0.3) is 16.6 Å². The molecule has 2 aliphatic rings. The molecule has 0 fully saturated rings. The quantitative estimate of drug-likeness (QED) is 0.548. The number of fused-ring (bicyclic) bond motifs is 2. The van der Waals surface area contributed by atoms with Gasteiger partial charge in [0.25, 0.3) is 5.91 Å². The second-order valence-electron chi connectivity index (χ2n) is 9.39. The van der Waals surface area contributed by atoms with Crippen molar-refractivity contribution >= 4 is 40.0 Å². The van der Waals surface area contributed by atoms with Crippen molar-refractivity contribution in [2.24, 2.45) is 0 Å². The van der Waals surface area contributed by atoms with Crippen molar-refractivity contribution in [3.05, 3.63) is 59.4 Å². The number of rotatable bonds is 3. The van der Waals surface area contributed by atoms with Gasteiger partial charge < -0.3 is 25.3 Å². The van der Waals surface area contributed by atoms with Crippen molar-refractivity contribution in [1.82, 2.24) is 20.2 Å². The Kier molecular flexibility index (Phi) is 5.08. The maximum absolute atomic E-state index is 12.3. The molecule has 1 aromatic carbocycles. The van der Waals surface area contributed by atoms with Gasteiger partial charge in [-0.25, -0.2) is 9.78 Å². The van der Waals surface area contributed by atoms with Gasteiger partial charge in [0, 0.05) is 48.2 Å². The molecule has 8 nitrogen and oxygen atoms in total. The van der Waals surface area contributed by atoms with Gasteiger partial charge in [-0.1, -0.05) is 6.08 Å². The summed E-state index contributed by atoms with van der Waals surface area (Å²) < 4.78 is 5.48. The first-order chi connectivity index (χ1) is 15.8. The highest BCUT2D eigenvalue weighted by Crippen LogP contribution is 2.31. The van der Waals surface area contributed by atoms with E-state index < -0.39 is 5.60 Å². The SMILES string of the molecule is CC(C)(C)OC(=O)N1CC=C(c2cc3c(Nc4ccc5c(c4)CNC5=O)ccnc3[nH]2)CC1. The summed E-state index contributed by atoms with van der Waals surface area (Å²) in [6.07, 6.45) is 4.29. The van der Waals surface area contributed by atoms with Crippen molar-refractivity contribution in [2.45, 2.75) is 39.3 Å². The lowest BCUT2D eigenvalue weighted by atomic mass is 10.0. The zero-order chi connectivity index (χ0) is 23.2. The summed E-state index contributed by atoms with van der Waals surface area (Å²) >= 11 is 0. The Bertz CT molecular complexity index is 1280. The number of nitrogens with zero attached hydrogens (tertiary/aromatic N) is 2. The molecular formula is C25H27N5O3. The van der Waals surface area contributed by atoms with Gasteiger partial charge in [-0.3, -0.25) is 4.79 Å². The first-order valence-electron chi connectivity index (χ1n) is 11.1. The number of benzene rings is 1. The molecule has 0 bridgehead atoms. The Balaban J connectivity index is 1.35. The van der Waals surface area contributed by atoms with Crippen LogP contribution in [0.3, 0.4) is 0 Å². The smallest absolute Gasteiger partial charge is 0.410 e. The maximum Gasteiger partial charge on any atom is 0.410 e. The van der Waals surface area contributed by atoms with Crippen LogP contribution >= 0.6 is 0 Å². The van der Waals surface area contributed by atoms with Crippen molar-refractivity contribution in [3.63, 3.8) is 0 Å². The molecule has 170 valence electrons. The molecule has 8 heteroatoms. The lowest BCUT2D eigenvalue weighted by Gasteiger charge is -2.29. The van der Waals surface area contributed by atoms with Crippen molar-refractivity contribution in [1.29, 1.82) is 0 Å². The number of nitrogens with one attached hydrogen (secondary N) is 3. The standard InChI is InChI=1S/C25H27N5O3/c1-25(2,3)33-24(32)30-10-7-15(8-11-30)21-13-19-20(6-9-26-22(19)29-21)28-17-4-5-18-16(12-17)14-27-23(18)31/h4-7,9,12-13H,8,10-11,14H2,1-3H3,(H,27,31)(H2,26,28,29). The van der Waals surface area contributed by atoms with Gasteiger partial charge in [0.1, 0.15) is 11.2 Å². The van der Waals surface area contributed by atoms with Crippen molar-refractivity contribution in [3.8, 4) is 0 Å². The van der Waals surface area contributed by atoms with Crippen LogP contribution in [0.2, 0.25) is 0 Å². The minimum atomic E-state index is -0.502. The van der Waals surface area contributed by atoms with Gasteiger partial charge in [0.15, 0.2) is 0 Å². The fourth-order valence-corrected chi connectivity index (χ4v) is 4.18. The Morgan fingerprint density at radius 2 is 2.06 bits per heavy atom. The molecule has 0 radical (unpaired) electrons. The third kappa shape index (κ3) is 4.28. The third-order valence-electron chi connectivity index (χ3n) is 5.81. The molecule has 2 aliphatic heterocycles. The van der Waals surface area contributed by atoms with Crippen LogP contribution < -0.4 is 10.6 Å². The summed E-state index contributed by atoms with van der Waals surface area (Å²) in [5.74, 6) is -0.0240. The summed E-state index contributed by atoms with van der Waals surface area (Å²) in [6.45, 7) is 7.30. The summed E-state index contributed by atoms with van der Waals surface area (Å²) in [4.78, 5) is 33.8. The average molecular weight is 446 g/mol. The van der Waals surface area contributed by atoms with E-state index in [0.29, 0.717) is 19.6 Å². The van der Waals surface area contributed by atoms with E-state index in [-0.39, 0.29) is 12.0 Å². The second kappa shape index (κ2) is 7.95. The van der Waals surface area contributed by atoms with E-state index in [9.17, 15) is 9.59 Å². The fourth-order valence-electron chi connectivity index (χ4n) is 4.18. The van der Waals surface area contributed by atoms with Crippen LogP contribution in [0.4, 0.5) is 16.2 Å². The summed E-state index contributed by atoms with van der Waals surface area (Å²) in [5, 5.41) is 7.29. The predicted octanol–water partition coefficient (Wildman–Crippen LogP) is 4.57. The average Bonchev–Trinajstić information content (AvgIpc) is 3.37. The number of anilines is 2. The molecule has 2 aromatic heterocycles. The van der Waals surface area contributed by atoms with E-state index in [0.717, 1.165) is 51.2 Å². The highest BCUT2D eigenvalue weighted by molar-refractivity contribution is 5.99. The van der Waals surface area contributed by atoms with Gasteiger partial charge in [0.2, 0.25) is 0 Å². The van der Waals surface area contributed by atoms with Gasteiger partial charge in [-0.2, -0.15) is 0 Å². The van der Waals surface area contributed by atoms with E-state index >= 15 is 0 Å². The number of ether oxygens (including phenoxy) is 1. The lowest BCUT2D eigenvalue weighted by molar-refractivity contribution is 0.0270. The number of carbonyl (C=O) groups excluding carboxylic acids is 2. The number of H-pyrrole nitrogens is 1. The number of aromatic amines is 1. The third-order valence-corrected chi connectivity index (χ3v) is 5.81. The zero-order valence-electron chi connectivity index (χ0n) is 19.0. The van der Waals surface area contributed by atoms with Crippen LogP contribution in [0, 0.1) is 0 Å². The molecule has 0 atom stereocenters. The van der Waals surface area contributed by atoms with E-state index in [4.69, 9.17) is 4.74 Å². The lowest BCUT2D eigenvalue weighted by Crippen LogP contribution is -2.39. The van der Waals surface area contributed by atoms with E-state index in [1.807, 2.05) is 45.0 Å². The summed E-state index contributed by atoms with van der Waals surface area (Å²) in [6, 6.07) is 9.80. The Morgan fingerprint density at radius 1 is 1.21 bits per heavy atom. The zero-order valence-corrected chi connectivity index (χ0v) is 19.0. The van der Waals surface area contributed by atoms with Crippen LogP contribution in [0.1, 0.15) is 48.8 Å². The van der Waals surface area contributed by atoms with Crippen LogP contribution in [0.15, 0.2) is 42.6 Å². The molecule has 2 amide bonds. The first kappa shape index (κ1) is 21.1. The molecular weight excluding hydrogens is 418 g/mol. The number of hydrogen-bond acceptors (Lipinski definition) is 5. The number of hydrogen-bond donors (Lipinski definition) is 3. The number of aromatic nitrogens is 2. The molecule has 33 heavy (non-hydrogen) atoms. The van der Waals surface area contributed by atoms with Crippen LogP contribution in [-0.2, 0) is 11.3 Å². The normalized spacial score (nSPS) is 15.8. The minimum absolute atomic E-state index is 0.0240. The first-order valence-corrected chi connectivity index (χ1v) is 11.1. The highest BCUT2D eigenvalue weighted by Gasteiger charge is 2.24. The number of pyridine rings is 1. The molecule has 4 heterocycles. The Labute approximate surface area is 192 Å². The minimum Gasteiger partial charge on any atom is -0.444 e. The van der Waals surface area contributed by atoms with E-state index in [1.54, 1.807) is 11.1 Å². The van der Waals surface area contributed by atoms with E-state index in [2.05, 4.69) is 32.7 Å². The van der Waals surface area contributed by atoms with Crippen LogP contribution in [0.5, 0.6) is 0 Å². The van der Waals surface area contributed by atoms with Crippen molar-refractivity contribution in [2.75, 3.05) is 18.4 Å². The molecule has 0 spiro atoms. The predicted molar refractivity (Wildman–Crippen MR) is 127 cm³/mol. The highest BCUT2D eigenvalue weighted by atomic mass is 16.6. The number of amides is 2. The molecule has 3 N–H and O–H groups in total. The molecule has 0 saturated heterocycles. The number of carbonyl (C=O) groups is 2. The van der Waals surface area contributed by atoms with Gasteiger partial charge in [-0.15, -0.1) is 0 Å². The van der Waals surface area contributed by atoms with Gasteiger partial charge in [0.05, 0.1) is 5.69 Å². The Hall–Kier alpha value is -3.81. The monoisotopic (exact) mass is 445 g/mol. The maximum atomic E-state index is 12.3. The van der Waals surface area contributed by atoms with Crippen molar-refractivity contribution < 1.29 is 14.3 Å². The Morgan fingerprint density at radius 3 is 2.82 bits per heavy atom. The van der Waals surface area contributed by atoms with Crippen LogP contribution in [-0.4, -0.2) is 45.6 Å². The molecule has 0 aliphatic carbocycles. The molecule has 0 unspecified atom stereocenters. The molecule has 0 saturated carbocycles. The van der Waals surface area contributed by atoms with Gasteiger partial charge in [-0.05, 0) is 68.7 Å². The van der Waals surface area contributed by atoms with E-state index in [1.165, 1.54) is 0 Å². The summed E-state index contributed by atoms with van der Waals surface area (Å²) in [7, 11) is 0. The molecule has 5 rings (SSSR count). The topological polar surface area (TPSA) is 99.3 Å². The largest absolute Gasteiger partial charge is 0.444 e. The summed E-state index contributed by atoms with van der Waals surface area (Å²) in [5.41, 5.74) is 6.03. The van der Waals surface area contributed by atoms with Gasteiger partial charge >= 0.3 is 6.09 Å². The fraction of sp³-hybridized carbons (Fsp3) is 0.320.